The molecule has 2 fully saturated rings. The van der Waals surface area contributed by atoms with Gasteiger partial charge in [0.15, 0.2) is 0 Å². The van der Waals surface area contributed by atoms with Gasteiger partial charge in [-0.05, 0) is 26.2 Å². The van der Waals surface area contributed by atoms with Gasteiger partial charge in [-0.2, -0.15) is 4.98 Å². The Kier molecular flexibility index (Phi) is 5.93. The molecule has 3 aliphatic heterocycles. The Balaban J connectivity index is 0.00000231. The lowest BCUT2D eigenvalue weighted by Crippen LogP contribution is -2.51. The van der Waals surface area contributed by atoms with Crippen LogP contribution in [0.2, 0.25) is 0 Å². The van der Waals surface area contributed by atoms with Crippen molar-refractivity contribution < 1.29 is 4.74 Å². The summed E-state index contributed by atoms with van der Waals surface area (Å²) in [5, 5.41) is 3.56. The predicted octanol–water partition coefficient (Wildman–Crippen LogP) is 1.52. The number of ether oxygens (including phenoxy) is 1. The van der Waals surface area contributed by atoms with Crippen LogP contribution in [0.3, 0.4) is 0 Å². The van der Waals surface area contributed by atoms with Crippen molar-refractivity contribution in [1.82, 2.24) is 25.3 Å². The zero-order valence-corrected chi connectivity index (χ0v) is 19.2. The summed E-state index contributed by atoms with van der Waals surface area (Å²) in [5.74, 6) is 2.60. The second-order valence-corrected chi connectivity index (χ2v) is 8.91. The monoisotopic (exact) mass is 446 g/mol. The fourth-order valence-electron chi connectivity index (χ4n) is 4.89. The fraction of sp³-hybridized carbons (Fsp3) is 0.619. The molecule has 0 spiro atoms. The van der Waals surface area contributed by atoms with E-state index in [0.29, 0.717) is 19.1 Å². The van der Waals surface area contributed by atoms with Crippen molar-refractivity contribution >= 4 is 30.1 Å². The third-order valence-corrected chi connectivity index (χ3v) is 7.00. The standard InChI is InChI=1S/C21H30N8O.ClH/c1-13-8-23-12-21(13,3)29-5-4-16-17(15-9-24-19(22)25-10-15)26-20(27-18(16)29)28-6-7-30-11-14(28)2;/h9-10,13-14,23H,4-8,11-12H2,1-3H3,(H2,22,24,25);1H/t13-,14+,21-;/m1./s1. The minimum absolute atomic E-state index is 0. The number of nitrogens with zero attached hydrogens (tertiary/aromatic N) is 6. The van der Waals surface area contributed by atoms with Crippen LogP contribution in [0.25, 0.3) is 11.3 Å². The predicted molar refractivity (Wildman–Crippen MR) is 124 cm³/mol. The van der Waals surface area contributed by atoms with E-state index in [1.165, 1.54) is 5.56 Å². The van der Waals surface area contributed by atoms with Crippen molar-refractivity contribution in [2.24, 2.45) is 5.92 Å². The molecule has 5 heterocycles. The summed E-state index contributed by atoms with van der Waals surface area (Å²) < 4.78 is 5.64. The lowest BCUT2D eigenvalue weighted by molar-refractivity contribution is 0.0981. The van der Waals surface area contributed by atoms with Gasteiger partial charge < -0.3 is 25.6 Å². The molecule has 0 saturated carbocycles. The molecule has 0 amide bonds. The minimum atomic E-state index is 0. The van der Waals surface area contributed by atoms with Crippen LogP contribution in [0.4, 0.5) is 17.7 Å². The Hall–Kier alpha value is -2.23. The average molecular weight is 447 g/mol. The first-order valence-corrected chi connectivity index (χ1v) is 10.8. The smallest absolute Gasteiger partial charge is 0.228 e. The van der Waals surface area contributed by atoms with Crippen LogP contribution in [0.1, 0.15) is 26.3 Å². The molecule has 2 aromatic heterocycles. The molecule has 0 bridgehead atoms. The van der Waals surface area contributed by atoms with Crippen molar-refractivity contribution in [2.75, 3.05) is 54.9 Å². The average Bonchev–Trinajstić information content (AvgIpc) is 3.32. The van der Waals surface area contributed by atoms with Gasteiger partial charge in [0, 0.05) is 49.7 Å². The SMILES string of the molecule is C[C@@H]1CNC[C@@]1(C)N1CCc2c(-c3cnc(N)nc3)nc(N3CCOC[C@@H]3C)nc21.Cl. The van der Waals surface area contributed by atoms with E-state index in [1.54, 1.807) is 12.4 Å². The van der Waals surface area contributed by atoms with E-state index in [-0.39, 0.29) is 29.9 Å². The van der Waals surface area contributed by atoms with Crippen molar-refractivity contribution in [3.05, 3.63) is 18.0 Å². The van der Waals surface area contributed by atoms with E-state index in [0.717, 1.165) is 55.6 Å². The number of hydrogen-bond donors (Lipinski definition) is 2. The molecule has 168 valence electrons. The summed E-state index contributed by atoms with van der Waals surface area (Å²) >= 11 is 0. The highest BCUT2D eigenvalue weighted by molar-refractivity contribution is 5.85. The van der Waals surface area contributed by atoms with E-state index < -0.39 is 0 Å². The van der Waals surface area contributed by atoms with Gasteiger partial charge in [-0.15, -0.1) is 12.4 Å². The van der Waals surface area contributed by atoms with Crippen LogP contribution in [0.15, 0.2) is 12.4 Å². The lowest BCUT2D eigenvalue weighted by atomic mass is 9.89. The summed E-state index contributed by atoms with van der Waals surface area (Å²) in [7, 11) is 0. The molecule has 2 aromatic rings. The van der Waals surface area contributed by atoms with Gasteiger partial charge in [0.1, 0.15) is 5.82 Å². The molecule has 10 heteroatoms. The third-order valence-electron chi connectivity index (χ3n) is 7.00. The van der Waals surface area contributed by atoms with E-state index in [9.17, 15) is 0 Å². The van der Waals surface area contributed by atoms with E-state index in [2.05, 4.69) is 45.9 Å². The minimum Gasteiger partial charge on any atom is -0.377 e. The Labute approximate surface area is 189 Å². The molecule has 0 unspecified atom stereocenters. The van der Waals surface area contributed by atoms with Crippen LogP contribution < -0.4 is 20.9 Å². The van der Waals surface area contributed by atoms with Crippen LogP contribution in [0, 0.1) is 5.92 Å². The number of nitrogens with one attached hydrogen (secondary N) is 1. The highest BCUT2D eigenvalue weighted by atomic mass is 35.5. The van der Waals surface area contributed by atoms with Crippen molar-refractivity contribution in [2.45, 2.75) is 38.8 Å². The van der Waals surface area contributed by atoms with Crippen LogP contribution in [-0.4, -0.2) is 70.9 Å². The molecule has 9 nitrogen and oxygen atoms in total. The van der Waals surface area contributed by atoms with Crippen LogP contribution in [0.5, 0.6) is 0 Å². The van der Waals surface area contributed by atoms with Gasteiger partial charge >= 0.3 is 0 Å². The van der Waals surface area contributed by atoms with Gasteiger partial charge in [0.25, 0.3) is 0 Å². The van der Waals surface area contributed by atoms with Gasteiger partial charge in [-0.1, -0.05) is 6.92 Å². The molecule has 3 N–H and O–H groups in total. The molecule has 5 rings (SSSR count). The number of aromatic nitrogens is 4. The van der Waals surface area contributed by atoms with Crippen LogP contribution >= 0.6 is 12.4 Å². The molecule has 3 aliphatic rings. The number of morpholine rings is 1. The molecule has 3 atom stereocenters. The number of nitrogens with two attached hydrogens (primary N) is 1. The topological polar surface area (TPSA) is 105 Å². The van der Waals surface area contributed by atoms with E-state index in [4.69, 9.17) is 20.4 Å². The van der Waals surface area contributed by atoms with Crippen molar-refractivity contribution in [3.8, 4) is 11.3 Å². The van der Waals surface area contributed by atoms with Gasteiger partial charge in [-0.3, -0.25) is 0 Å². The number of nitrogen functional groups attached to an aromatic ring is 1. The molecule has 0 radical (unpaired) electrons. The summed E-state index contributed by atoms with van der Waals surface area (Å²) in [5.41, 5.74) is 8.73. The first-order chi connectivity index (χ1) is 14.5. The van der Waals surface area contributed by atoms with Gasteiger partial charge in [-0.25, -0.2) is 15.0 Å². The zero-order valence-electron chi connectivity index (χ0n) is 18.3. The Morgan fingerprint density at radius 2 is 1.97 bits per heavy atom. The maximum atomic E-state index is 5.73. The number of hydrogen-bond acceptors (Lipinski definition) is 9. The first kappa shape index (κ1) is 22.0. The largest absolute Gasteiger partial charge is 0.377 e. The Morgan fingerprint density at radius 3 is 2.65 bits per heavy atom. The quantitative estimate of drug-likeness (QED) is 0.725. The Bertz CT molecular complexity index is 942. The zero-order chi connectivity index (χ0) is 20.9. The second kappa shape index (κ2) is 8.37. The summed E-state index contributed by atoms with van der Waals surface area (Å²) in [6.07, 6.45) is 4.44. The highest BCUT2D eigenvalue weighted by Crippen LogP contribution is 2.41. The summed E-state index contributed by atoms with van der Waals surface area (Å²) in [6.45, 7) is 11.9. The van der Waals surface area contributed by atoms with Crippen molar-refractivity contribution in [1.29, 1.82) is 0 Å². The molecule has 0 aromatic carbocycles. The van der Waals surface area contributed by atoms with Gasteiger partial charge in [0.05, 0.1) is 30.5 Å². The molecule has 0 aliphatic carbocycles. The van der Waals surface area contributed by atoms with Crippen LogP contribution in [-0.2, 0) is 11.2 Å². The van der Waals surface area contributed by atoms with Crippen molar-refractivity contribution in [3.63, 3.8) is 0 Å². The maximum absolute atomic E-state index is 5.73. The number of rotatable bonds is 3. The molecular weight excluding hydrogens is 416 g/mol. The van der Waals surface area contributed by atoms with E-state index >= 15 is 0 Å². The number of fused-ring (bicyclic) bond motifs is 1. The molecule has 31 heavy (non-hydrogen) atoms. The second-order valence-electron chi connectivity index (χ2n) is 8.91. The highest BCUT2D eigenvalue weighted by Gasteiger charge is 2.45. The lowest BCUT2D eigenvalue weighted by Gasteiger charge is -2.40. The normalized spacial score (nSPS) is 27.8. The first-order valence-electron chi connectivity index (χ1n) is 10.8. The molecule has 2 saturated heterocycles. The summed E-state index contributed by atoms with van der Waals surface area (Å²) in [6, 6.07) is 0.227. The summed E-state index contributed by atoms with van der Waals surface area (Å²) in [4.78, 5) is 23.3. The maximum Gasteiger partial charge on any atom is 0.228 e. The van der Waals surface area contributed by atoms with Gasteiger partial charge in [0.2, 0.25) is 11.9 Å². The third kappa shape index (κ3) is 3.68. The number of halogens is 1. The Morgan fingerprint density at radius 1 is 1.19 bits per heavy atom. The number of anilines is 3. The fourth-order valence-corrected chi connectivity index (χ4v) is 4.89. The molecular formula is C21H31ClN8O. The van der Waals surface area contributed by atoms with E-state index in [1.807, 2.05) is 0 Å².